The molecule has 0 rings (SSSR count). The van der Waals surface area contributed by atoms with Crippen molar-refractivity contribution >= 4 is 0 Å². The number of hydrogen-bond acceptors (Lipinski definition) is 0. The Kier molecular flexibility index (Phi) is 15.0. The summed E-state index contributed by atoms with van der Waals surface area (Å²) in [5.74, 6) is 0. The van der Waals surface area contributed by atoms with Crippen LogP contribution in [0.4, 0.5) is 0 Å². The van der Waals surface area contributed by atoms with E-state index in [0.717, 1.165) is 6.42 Å². The van der Waals surface area contributed by atoms with Crippen LogP contribution < -0.4 is 0 Å². The van der Waals surface area contributed by atoms with Gasteiger partial charge in [0.15, 0.2) is 0 Å². The lowest BCUT2D eigenvalue weighted by atomic mass is 10.1. The molecule has 0 saturated carbocycles. The molecule has 99 valence electrons. The molecule has 0 heterocycles. The quantitative estimate of drug-likeness (QED) is 0.277. The highest BCUT2D eigenvalue weighted by molar-refractivity contribution is 5.02. The molecule has 0 aromatic rings. The molecular weight excluding hydrogens is 204 g/mol. The Hall–Kier alpha value is -0.520. The van der Waals surface area contributed by atoms with Gasteiger partial charge in [-0.05, 0) is 25.7 Å². The van der Waals surface area contributed by atoms with Crippen LogP contribution >= 0.6 is 0 Å². The molecule has 17 heavy (non-hydrogen) atoms. The molecule has 0 nitrogen and oxygen atoms in total. The Morgan fingerprint density at radius 1 is 0.706 bits per heavy atom. The second kappa shape index (κ2) is 15.5. The molecule has 0 aromatic heterocycles. The van der Waals surface area contributed by atoms with Crippen LogP contribution in [0.1, 0.15) is 77.6 Å². The zero-order valence-corrected chi connectivity index (χ0v) is 11.8. The predicted molar refractivity (Wildman–Crippen MR) is 80.1 cm³/mol. The molecule has 0 atom stereocenters. The van der Waals surface area contributed by atoms with E-state index in [4.69, 9.17) is 0 Å². The first kappa shape index (κ1) is 16.5. The molecule has 0 aliphatic heterocycles. The van der Waals surface area contributed by atoms with Gasteiger partial charge in [-0.1, -0.05) is 83.1 Å². The lowest BCUT2D eigenvalue weighted by Crippen LogP contribution is -1.75. The monoisotopic (exact) mass is 235 g/mol. The topological polar surface area (TPSA) is 0 Å². The van der Waals surface area contributed by atoms with E-state index in [-0.39, 0.29) is 0 Å². The van der Waals surface area contributed by atoms with Gasteiger partial charge in [-0.2, -0.15) is 0 Å². The molecule has 0 amide bonds. The van der Waals surface area contributed by atoms with E-state index in [1.165, 1.54) is 64.2 Å². The van der Waals surface area contributed by atoms with Gasteiger partial charge in [-0.25, -0.2) is 0 Å². The largest absolute Gasteiger partial charge is 0.0845 e. The van der Waals surface area contributed by atoms with E-state index in [1.807, 2.05) is 0 Å². The maximum atomic E-state index is 3.85. The fourth-order valence-electron chi connectivity index (χ4n) is 1.83. The minimum Gasteiger partial charge on any atom is -0.0845 e. The lowest BCUT2D eigenvalue weighted by molar-refractivity contribution is 0.637. The maximum absolute atomic E-state index is 3.85. The number of rotatable bonds is 12. The van der Waals surface area contributed by atoms with Gasteiger partial charge < -0.3 is 0 Å². The molecule has 0 aromatic carbocycles. The van der Waals surface area contributed by atoms with Crippen LogP contribution in [0.2, 0.25) is 0 Å². The molecule has 0 unspecified atom stereocenters. The predicted octanol–water partition coefficient (Wildman–Crippen LogP) is 6.24. The van der Waals surface area contributed by atoms with E-state index >= 15 is 0 Å². The summed E-state index contributed by atoms with van der Waals surface area (Å²) in [5, 5.41) is 0. The zero-order chi connectivity index (χ0) is 12.6. The van der Waals surface area contributed by atoms with Crippen molar-refractivity contribution in [2.75, 3.05) is 0 Å². The first-order chi connectivity index (χ1) is 8.41. The van der Waals surface area contributed by atoms with E-state index in [0.29, 0.717) is 0 Å². The highest BCUT2D eigenvalue weighted by Gasteiger charge is 1.86. The van der Waals surface area contributed by atoms with Crippen molar-refractivity contribution in [3.63, 3.8) is 0 Å². The average molecular weight is 235 g/mol. The fraction of sp³-hybridized carbons (Fsp3) is 0.706. The first-order valence-corrected chi connectivity index (χ1v) is 7.52. The van der Waals surface area contributed by atoms with Crippen LogP contribution in [0, 0.1) is 6.92 Å². The van der Waals surface area contributed by atoms with Crippen LogP contribution in [0.3, 0.4) is 0 Å². The van der Waals surface area contributed by atoms with Gasteiger partial charge >= 0.3 is 0 Å². The van der Waals surface area contributed by atoms with Gasteiger partial charge in [0, 0.05) is 0 Å². The normalized spacial score (nSPS) is 11.9. The summed E-state index contributed by atoms with van der Waals surface area (Å²) in [6.07, 6.45) is 23.4. The summed E-state index contributed by atoms with van der Waals surface area (Å²) in [6.45, 7) is 6.12. The van der Waals surface area contributed by atoms with Gasteiger partial charge in [-0.3, -0.25) is 0 Å². The van der Waals surface area contributed by atoms with E-state index in [2.05, 4.69) is 38.2 Å². The molecule has 0 bridgehead atoms. The summed E-state index contributed by atoms with van der Waals surface area (Å²) in [6, 6.07) is 0. The van der Waals surface area contributed by atoms with Crippen molar-refractivity contribution in [3.8, 4) is 0 Å². The summed E-state index contributed by atoms with van der Waals surface area (Å²) < 4.78 is 0. The molecule has 0 aliphatic rings. The molecule has 0 aliphatic carbocycles. The van der Waals surface area contributed by atoms with Crippen LogP contribution in [0.25, 0.3) is 0 Å². The molecule has 0 N–H and O–H groups in total. The van der Waals surface area contributed by atoms with Gasteiger partial charge in [0.25, 0.3) is 0 Å². The third-order valence-electron chi connectivity index (χ3n) is 2.98. The number of unbranched alkanes of at least 4 members (excludes halogenated alkanes) is 9. The average Bonchev–Trinajstić information content (AvgIpc) is 2.35. The Morgan fingerprint density at radius 2 is 1.24 bits per heavy atom. The summed E-state index contributed by atoms with van der Waals surface area (Å²) >= 11 is 0. The van der Waals surface area contributed by atoms with E-state index < -0.39 is 0 Å². The molecular formula is C17H31. The standard InChI is InChI=1S/C17H31/c1-3-5-7-9-11-13-15-17-16-14-12-10-8-6-4-2/h13,15-17H,1,3-12,14H2,2H3/b15-13+,17-16+. The smallest absolute Gasteiger partial charge is 0.0348 e. The number of allylic oxidation sites excluding steroid dienone is 4. The highest BCUT2D eigenvalue weighted by atomic mass is 13.9. The second-order valence-electron chi connectivity index (χ2n) is 4.76. The van der Waals surface area contributed by atoms with Crippen molar-refractivity contribution in [1.29, 1.82) is 0 Å². The SMILES string of the molecule is [CH2]CCCCC/C=C/C=C/CCCCCCC. The summed E-state index contributed by atoms with van der Waals surface area (Å²) in [5.41, 5.74) is 0. The highest BCUT2D eigenvalue weighted by Crippen LogP contribution is 2.05. The van der Waals surface area contributed by atoms with Crippen molar-refractivity contribution < 1.29 is 0 Å². The lowest BCUT2D eigenvalue weighted by Gasteiger charge is -1.95. The second-order valence-corrected chi connectivity index (χ2v) is 4.76. The maximum Gasteiger partial charge on any atom is -0.0348 e. The van der Waals surface area contributed by atoms with Crippen molar-refractivity contribution in [3.05, 3.63) is 31.2 Å². The fourth-order valence-corrected chi connectivity index (χ4v) is 1.83. The third kappa shape index (κ3) is 15.5. The Bertz CT molecular complexity index is 176. The number of hydrogen-bond donors (Lipinski definition) is 0. The first-order valence-electron chi connectivity index (χ1n) is 7.52. The minimum absolute atomic E-state index is 1.08. The van der Waals surface area contributed by atoms with Gasteiger partial charge in [0.1, 0.15) is 0 Å². The van der Waals surface area contributed by atoms with Crippen LogP contribution in [-0.2, 0) is 0 Å². The van der Waals surface area contributed by atoms with Gasteiger partial charge in [0.05, 0.1) is 0 Å². The molecule has 0 fully saturated rings. The Morgan fingerprint density at radius 3 is 1.76 bits per heavy atom. The third-order valence-corrected chi connectivity index (χ3v) is 2.98. The van der Waals surface area contributed by atoms with Crippen LogP contribution in [-0.4, -0.2) is 0 Å². The van der Waals surface area contributed by atoms with E-state index in [9.17, 15) is 0 Å². The molecule has 0 heteroatoms. The summed E-state index contributed by atoms with van der Waals surface area (Å²) in [4.78, 5) is 0. The Labute approximate surface area is 109 Å². The minimum atomic E-state index is 1.08. The van der Waals surface area contributed by atoms with Crippen LogP contribution in [0.5, 0.6) is 0 Å². The van der Waals surface area contributed by atoms with Crippen LogP contribution in [0.15, 0.2) is 24.3 Å². The molecule has 0 spiro atoms. The van der Waals surface area contributed by atoms with Crippen molar-refractivity contribution in [2.45, 2.75) is 77.6 Å². The molecule has 0 saturated heterocycles. The van der Waals surface area contributed by atoms with Gasteiger partial charge in [0.2, 0.25) is 0 Å². The van der Waals surface area contributed by atoms with Crippen molar-refractivity contribution in [1.82, 2.24) is 0 Å². The summed E-state index contributed by atoms with van der Waals surface area (Å²) in [7, 11) is 0. The molecule has 1 radical (unpaired) electrons. The zero-order valence-electron chi connectivity index (χ0n) is 11.8. The van der Waals surface area contributed by atoms with Gasteiger partial charge in [-0.15, -0.1) is 0 Å². The Balaban J connectivity index is 3.15. The van der Waals surface area contributed by atoms with E-state index in [1.54, 1.807) is 0 Å². The van der Waals surface area contributed by atoms with Crippen molar-refractivity contribution in [2.24, 2.45) is 0 Å².